The van der Waals surface area contributed by atoms with Gasteiger partial charge in [-0.1, -0.05) is 0 Å². The minimum atomic E-state index is 0.514. The Labute approximate surface area is 94.6 Å². The number of pyridine rings is 1. The Balaban J connectivity index is 2.32. The molecule has 2 aromatic rings. The average molecular weight is 214 g/mol. The fourth-order valence-corrected chi connectivity index (χ4v) is 1.49. The number of hydrogen-bond donors (Lipinski definition) is 1. The van der Waals surface area contributed by atoms with Crippen LogP contribution in [-0.2, 0) is 6.42 Å². The highest BCUT2D eigenvalue weighted by Crippen LogP contribution is 2.13. The molecule has 2 heterocycles. The van der Waals surface area contributed by atoms with Crippen molar-refractivity contribution in [2.45, 2.75) is 20.3 Å². The summed E-state index contributed by atoms with van der Waals surface area (Å²) in [7, 11) is 0. The average Bonchev–Trinajstić information content (AvgIpc) is 2.27. The first-order valence-corrected chi connectivity index (χ1v) is 5.15. The lowest BCUT2D eigenvalue weighted by molar-refractivity contribution is 0.967. The van der Waals surface area contributed by atoms with Gasteiger partial charge >= 0.3 is 0 Å². The summed E-state index contributed by atoms with van der Waals surface area (Å²) in [6, 6.07) is 3.91. The van der Waals surface area contributed by atoms with E-state index in [1.165, 1.54) is 0 Å². The fraction of sp³-hybridized carbons (Fsp3) is 0.250. The van der Waals surface area contributed by atoms with E-state index in [2.05, 4.69) is 15.0 Å². The van der Waals surface area contributed by atoms with Gasteiger partial charge in [0, 0.05) is 18.8 Å². The molecule has 0 unspecified atom stereocenters. The van der Waals surface area contributed by atoms with E-state index in [1.54, 1.807) is 12.4 Å². The third-order valence-electron chi connectivity index (χ3n) is 2.53. The van der Waals surface area contributed by atoms with E-state index in [0.29, 0.717) is 12.2 Å². The summed E-state index contributed by atoms with van der Waals surface area (Å²) in [5.41, 5.74) is 9.63. The summed E-state index contributed by atoms with van der Waals surface area (Å²) < 4.78 is 0. The summed E-state index contributed by atoms with van der Waals surface area (Å²) in [5, 5.41) is 0. The number of anilines is 1. The lowest BCUT2D eigenvalue weighted by Crippen LogP contribution is -2.05. The molecular formula is C12H14N4. The summed E-state index contributed by atoms with van der Waals surface area (Å²) in [5.74, 6) is 0.514. The molecule has 0 aliphatic heterocycles. The second-order valence-corrected chi connectivity index (χ2v) is 3.76. The predicted octanol–water partition coefficient (Wildman–Crippen LogP) is 1.66. The number of hydrogen-bond acceptors (Lipinski definition) is 4. The molecule has 2 N–H and O–H groups in total. The van der Waals surface area contributed by atoms with Crippen molar-refractivity contribution in [3.05, 3.63) is 47.2 Å². The molecule has 0 aliphatic rings. The van der Waals surface area contributed by atoms with Crippen LogP contribution in [0.5, 0.6) is 0 Å². The van der Waals surface area contributed by atoms with Gasteiger partial charge in [0.2, 0.25) is 0 Å². The smallest absolute Gasteiger partial charge is 0.145 e. The molecule has 0 atom stereocenters. The minimum absolute atomic E-state index is 0.514. The molecule has 4 heteroatoms. The molecule has 0 aromatic carbocycles. The van der Waals surface area contributed by atoms with Gasteiger partial charge in [0.1, 0.15) is 5.82 Å². The molecule has 0 aliphatic carbocycles. The number of nitrogens with zero attached hydrogens (tertiary/aromatic N) is 3. The zero-order chi connectivity index (χ0) is 11.5. The molecule has 16 heavy (non-hydrogen) atoms. The summed E-state index contributed by atoms with van der Waals surface area (Å²) in [4.78, 5) is 12.7. The molecule has 2 aromatic heterocycles. The number of aromatic nitrogens is 3. The largest absolute Gasteiger partial charge is 0.382 e. The zero-order valence-electron chi connectivity index (χ0n) is 9.44. The molecule has 0 fully saturated rings. The Kier molecular flexibility index (Phi) is 2.81. The quantitative estimate of drug-likeness (QED) is 0.825. The molecule has 2 rings (SSSR count). The van der Waals surface area contributed by atoms with Gasteiger partial charge in [0.15, 0.2) is 0 Å². The summed E-state index contributed by atoms with van der Waals surface area (Å²) in [6.45, 7) is 3.85. The monoisotopic (exact) mass is 214 g/mol. The third-order valence-corrected chi connectivity index (χ3v) is 2.53. The van der Waals surface area contributed by atoms with E-state index in [-0.39, 0.29) is 0 Å². The SMILES string of the molecule is Cc1nc(N)c(Cc2ccncc2)nc1C. The molecule has 4 nitrogen and oxygen atoms in total. The van der Waals surface area contributed by atoms with Gasteiger partial charge in [-0.15, -0.1) is 0 Å². The normalized spacial score (nSPS) is 10.4. The van der Waals surface area contributed by atoms with E-state index in [0.717, 1.165) is 22.6 Å². The van der Waals surface area contributed by atoms with Crippen molar-refractivity contribution in [2.75, 3.05) is 5.73 Å². The topological polar surface area (TPSA) is 64.7 Å². The van der Waals surface area contributed by atoms with Crippen LogP contribution in [0.2, 0.25) is 0 Å². The minimum Gasteiger partial charge on any atom is -0.382 e. The van der Waals surface area contributed by atoms with E-state index in [4.69, 9.17) is 5.73 Å². The van der Waals surface area contributed by atoms with Crippen LogP contribution in [0.4, 0.5) is 5.82 Å². The Hall–Kier alpha value is -1.97. The lowest BCUT2D eigenvalue weighted by atomic mass is 10.1. The zero-order valence-corrected chi connectivity index (χ0v) is 9.44. The molecule has 0 saturated heterocycles. The van der Waals surface area contributed by atoms with E-state index < -0.39 is 0 Å². The second-order valence-electron chi connectivity index (χ2n) is 3.76. The Morgan fingerprint density at radius 3 is 2.38 bits per heavy atom. The molecule has 0 amide bonds. The first-order valence-electron chi connectivity index (χ1n) is 5.15. The highest BCUT2D eigenvalue weighted by atomic mass is 14.9. The Morgan fingerprint density at radius 2 is 1.69 bits per heavy atom. The first kappa shape index (κ1) is 10.5. The molecule has 0 spiro atoms. The molecular weight excluding hydrogens is 200 g/mol. The van der Waals surface area contributed by atoms with Gasteiger partial charge in [-0.2, -0.15) is 0 Å². The van der Waals surface area contributed by atoms with Crippen LogP contribution in [-0.4, -0.2) is 15.0 Å². The molecule has 0 radical (unpaired) electrons. The van der Waals surface area contributed by atoms with Gasteiger partial charge in [0.05, 0.1) is 17.1 Å². The van der Waals surface area contributed by atoms with Crippen molar-refractivity contribution in [1.29, 1.82) is 0 Å². The fourth-order valence-electron chi connectivity index (χ4n) is 1.49. The van der Waals surface area contributed by atoms with Crippen molar-refractivity contribution >= 4 is 5.82 Å². The van der Waals surface area contributed by atoms with E-state index in [1.807, 2.05) is 26.0 Å². The predicted molar refractivity (Wildman–Crippen MR) is 63.0 cm³/mol. The van der Waals surface area contributed by atoms with Crippen molar-refractivity contribution in [2.24, 2.45) is 0 Å². The third kappa shape index (κ3) is 2.16. The van der Waals surface area contributed by atoms with Crippen LogP contribution in [0, 0.1) is 13.8 Å². The van der Waals surface area contributed by atoms with Crippen molar-refractivity contribution in [1.82, 2.24) is 15.0 Å². The van der Waals surface area contributed by atoms with Gasteiger partial charge in [-0.25, -0.2) is 4.98 Å². The summed E-state index contributed by atoms with van der Waals surface area (Å²) >= 11 is 0. The highest BCUT2D eigenvalue weighted by molar-refractivity contribution is 5.39. The summed E-state index contributed by atoms with van der Waals surface area (Å²) in [6.07, 6.45) is 4.22. The van der Waals surface area contributed by atoms with Crippen molar-refractivity contribution in [3.63, 3.8) is 0 Å². The Bertz CT molecular complexity index is 494. The standard InChI is InChI=1S/C12H14N4/c1-8-9(2)16-12(13)11(15-8)7-10-3-5-14-6-4-10/h3-6H,7H2,1-2H3,(H2,13,16). The van der Waals surface area contributed by atoms with Crippen LogP contribution >= 0.6 is 0 Å². The molecule has 0 bridgehead atoms. The maximum absolute atomic E-state index is 5.85. The lowest BCUT2D eigenvalue weighted by Gasteiger charge is -2.07. The van der Waals surface area contributed by atoms with Crippen LogP contribution < -0.4 is 5.73 Å². The van der Waals surface area contributed by atoms with Gasteiger partial charge in [-0.3, -0.25) is 9.97 Å². The number of nitrogen functional groups attached to an aromatic ring is 1. The second kappa shape index (κ2) is 4.26. The maximum Gasteiger partial charge on any atom is 0.145 e. The molecule has 82 valence electrons. The van der Waals surface area contributed by atoms with Gasteiger partial charge < -0.3 is 5.73 Å². The number of aryl methyl sites for hydroxylation is 2. The highest BCUT2D eigenvalue weighted by Gasteiger charge is 2.06. The number of nitrogens with two attached hydrogens (primary N) is 1. The van der Waals surface area contributed by atoms with Gasteiger partial charge in [0.25, 0.3) is 0 Å². The van der Waals surface area contributed by atoms with Crippen LogP contribution in [0.1, 0.15) is 22.6 Å². The van der Waals surface area contributed by atoms with E-state index >= 15 is 0 Å². The van der Waals surface area contributed by atoms with Crippen molar-refractivity contribution in [3.8, 4) is 0 Å². The van der Waals surface area contributed by atoms with E-state index in [9.17, 15) is 0 Å². The van der Waals surface area contributed by atoms with Gasteiger partial charge in [-0.05, 0) is 31.5 Å². The van der Waals surface area contributed by atoms with Crippen LogP contribution in [0.25, 0.3) is 0 Å². The first-order chi connectivity index (χ1) is 7.66. The number of rotatable bonds is 2. The van der Waals surface area contributed by atoms with Crippen LogP contribution in [0.3, 0.4) is 0 Å². The van der Waals surface area contributed by atoms with Crippen LogP contribution in [0.15, 0.2) is 24.5 Å². The Morgan fingerprint density at radius 1 is 1.06 bits per heavy atom. The maximum atomic E-state index is 5.85. The molecule has 0 saturated carbocycles. The van der Waals surface area contributed by atoms with Crippen molar-refractivity contribution < 1.29 is 0 Å².